The molecule has 2 amide bonds. The number of rotatable bonds is 5. The molecule has 1 aromatic carbocycles. The number of pyridine rings is 1. The Morgan fingerprint density at radius 1 is 1.08 bits per heavy atom. The highest BCUT2D eigenvalue weighted by Gasteiger charge is 2.25. The SMILES string of the molecule is CC(=O)N1CC=C(c2cccn3nc(Nc4ccc(C(=O)N(C)C5CCN(C)CC5)cc4)nc23)CC1. The van der Waals surface area contributed by atoms with Crippen molar-refractivity contribution >= 4 is 34.7 Å². The maximum atomic E-state index is 13.0. The smallest absolute Gasteiger partial charge is 0.253 e. The van der Waals surface area contributed by atoms with E-state index in [0.717, 1.165) is 49.2 Å². The predicted molar refractivity (Wildman–Crippen MR) is 140 cm³/mol. The third kappa shape index (κ3) is 4.97. The van der Waals surface area contributed by atoms with E-state index in [4.69, 9.17) is 4.98 Å². The molecule has 2 aliphatic heterocycles. The van der Waals surface area contributed by atoms with Gasteiger partial charge in [-0.05, 0) is 81.4 Å². The van der Waals surface area contributed by atoms with Crippen LogP contribution >= 0.6 is 0 Å². The molecule has 0 spiro atoms. The Kier molecular flexibility index (Phi) is 6.73. The van der Waals surface area contributed by atoms with Crippen molar-refractivity contribution in [2.75, 3.05) is 45.6 Å². The highest BCUT2D eigenvalue weighted by Crippen LogP contribution is 2.27. The van der Waals surface area contributed by atoms with Crippen LogP contribution in [0.3, 0.4) is 0 Å². The normalized spacial score (nSPS) is 17.2. The van der Waals surface area contributed by atoms with Gasteiger partial charge in [0.15, 0.2) is 5.65 Å². The van der Waals surface area contributed by atoms with Crippen molar-refractivity contribution in [1.82, 2.24) is 29.3 Å². The van der Waals surface area contributed by atoms with E-state index in [-0.39, 0.29) is 17.9 Å². The zero-order chi connectivity index (χ0) is 25.2. The highest BCUT2D eigenvalue weighted by atomic mass is 16.2. The van der Waals surface area contributed by atoms with Crippen LogP contribution in [0, 0.1) is 0 Å². The third-order valence-electron chi connectivity index (χ3n) is 7.31. The number of likely N-dealkylation sites (tertiary alicyclic amines) is 1. The van der Waals surface area contributed by atoms with Gasteiger partial charge in [0, 0.05) is 56.1 Å². The van der Waals surface area contributed by atoms with Gasteiger partial charge in [-0.3, -0.25) is 9.59 Å². The number of carbonyl (C=O) groups is 2. The van der Waals surface area contributed by atoms with Gasteiger partial charge in [-0.25, -0.2) is 4.52 Å². The molecule has 188 valence electrons. The van der Waals surface area contributed by atoms with Crippen molar-refractivity contribution in [3.8, 4) is 0 Å². The number of amides is 2. The molecule has 4 heterocycles. The highest BCUT2D eigenvalue weighted by molar-refractivity contribution is 5.94. The molecule has 9 nitrogen and oxygen atoms in total. The molecule has 1 N–H and O–H groups in total. The second-order valence-corrected chi connectivity index (χ2v) is 9.72. The molecule has 0 aliphatic carbocycles. The van der Waals surface area contributed by atoms with Gasteiger partial charge in [-0.2, -0.15) is 4.98 Å². The Morgan fingerprint density at radius 2 is 1.83 bits per heavy atom. The van der Waals surface area contributed by atoms with Gasteiger partial charge >= 0.3 is 0 Å². The number of nitrogens with one attached hydrogen (secondary N) is 1. The number of fused-ring (bicyclic) bond motifs is 1. The van der Waals surface area contributed by atoms with Gasteiger partial charge in [0.25, 0.3) is 5.91 Å². The summed E-state index contributed by atoms with van der Waals surface area (Å²) in [6, 6.07) is 11.8. The number of piperidine rings is 1. The molecule has 9 heteroatoms. The van der Waals surface area contributed by atoms with E-state index in [1.807, 2.05) is 59.4 Å². The van der Waals surface area contributed by atoms with E-state index in [0.29, 0.717) is 24.6 Å². The summed E-state index contributed by atoms with van der Waals surface area (Å²) in [7, 11) is 4.03. The van der Waals surface area contributed by atoms with Crippen molar-refractivity contribution in [1.29, 1.82) is 0 Å². The third-order valence-corrected chi connectivity index (χ3v) is 7.31. The van der Waals surface area contributed by atoms with Crippen LogP contribution in [0.15, 0.2) is 48.7 Å². The van der Waals surface area contributed by atoms with E-state index < -0.39 is 0 Å². The van der Waals surface area contributed by atoms with Crippen LogP contribution in [0.5, 0.6) is 0 Å². The van der Waals surface area contributed by atoms with E-state index in [1.54, 1.807) is 11.4 Å². The molecule has 36 heavy (non-hydrogen) atoms. The predicted octanol–water partition coefficient (Wildman–Crippen LogP) is 3.27. The second-order valence-electron chi connectivity index (χ2n) is 9.72. The van der Waals surface area contributed by atoms with Gasteiger partial charge in [0.2, 0.25) is 11.9 Å². The van der Waals surface area contributed by atoms with Gasteiger partial charge in [0.1, 0.15) is 0 Å². The van der Waals surface area contributed by atoms with Crippen LogP contribution in [0.25, 0.3) is 11.2 Å². The summed E-state index contributed by atoms with van der Waals surface area (Å²) in [5.74, 6) is 0.640. The molecular weight excluding hydrogens is 454 g/mol. The molecule has 0 atom stereocenters. The topological polar surface area (TPSA) is 86.1 Å². The van der Waals surface area contributed by atoms with Crippen molar-refractivity contribution in [3.63, 3.8) is 0 Å². The molecule has 1 fully saturated rings. The first kappa shape index (κ1) is 24.0. The van der Waals surface area contributed by atoms with Crippen LogP contribution in [-0.2, 0) is 4.79 Å². The average Bonchev–Trinajstić information content (AvgIpc) is 3.31. The molecule has 5 rings (SSSR count). The zero-order valence-electron chi connectivity index (χ0n) is 21.1. The molecule has 0 radical (unpaired) electrons. The van der Waals surface area contributed by atoms with Crippen molar-refractivity contribution in [2.45, 2.75) is 32.2 Å². The van der Waals surface area contributed by atoms with Crippen LogP contribution < -0.4 is 5.32 Å². The van der Waals surface area contributed by atoms with E-state index in [1.165, 1.54) is 5.57 Å². The lowest BCUT2D eigenvalue weighted by atomic mass is 10.0. The monoisotopic (exact) mass is 487 g/mol. The Hall–Kier alpha value is -3.72. The number of anilines is 2. The largest absolute Gasteiger partial charge is 0.339 e. The van der Waals surface area contributed by atoms with Crippen LogP contribution in [-0.4, -0.2) is 87.4 Å². The fraction of sp³-hybridized carbons (Fsp3) is 0.407. The first-order valence-corrected chi connectivity index (χ1v) is 12.5. The molecule has 2 aliphatic rings. The van der Waals surface area contributed by atoms with Gasteiger partial charge in [-0.1, -0.05) is 6.08 Å². The molecule has 3 aromatic rings. The van der Waals surface area contributed by atoms with Crippen LogP contribution in [0.2, 0.25) is 0 Å². The Labute approximate surface area is 211 Å². The summed E-state index contributed by atoms with van der Waals surface area (Å²) in [6.07, 6.45) is 6.78. The molecule has 1 saturated heterocycles. The fourth-order valence-corrected chi connectivity index (χ4v) is 4.99. The number of carbonyl (C=O) groups excluding carboxylic acids is 2. The lowest BCUT2D eigenvalue weighted by molar-refractivity contribution is -0.128. The number of benzene rings is 1. The lowest BCUT2D eigenvalue weighted by Crippen LogP contribution is -2.44. The summed E-state index contributed by atoms with van der Waals surface area (Å²) in [5.41, 5.74) is 4.47. The van der Waals surface area contributed by atoms with Gasteiger partial charge in [0.05, 0.1) is 0 Å². The van der Waals surface area contributed by atoms with Crippen molar-refractivity contribution < 1.29 is 9.59 Å². The van der Waals surface area contributed by atoms with E-state index >= 15 is 0 Å². The first-order chi connectivity index (χ1) is 17.4. The molecule has 0 unspecified atom stereocenters. The minimum atomic E-state index is 0.0516. The second kappa shape index (κ2) is 10.1. The van der Waals surface area contributed by atoms with Crippen LogP contribution in [0.1, 0.15) is 42.1 Å². The van der Waals surface area contributed by atoms with Crippen molar-refractivity contribution in [3.05, 3.63) is 59.8 Å². The molecule has 0 saturated carbocycles. The average molecular weight is 488 g/mol. The number of aromatic nitrogens is 3. The standard InChI is InChI=1S/C27H33N7O2/c1-19(35)33-17-10-20(11-18-33)24-5-4-14-34-25(24)29-27(30-34)28-22-8-6-21(7-9-22)26(36)32(3)23-12-15-31(2)16-13-23/h4-10,14,23H,11-13,15-18H2,1-3H3,(H,28,30). The van der Waals surface area contributed by atoms with Crippen molar-refractivity contribution in [2.24, 2.45) is 0 Å². The number of hydrogen-bond donors (Lipinski definition) is 1. The molecule has 2 aromatic heterocycles. The summed E-state index contributed by atoms with van der Waals surface area (Å²) in [4.78, 5) is 35.4. The summed E-state index contributed by atoms with van der Waals surface area (Å²) < 4.78 is 1.77. The van der Waals surface area contributed by atoms with Crippen LogP contribution in [0.4, 0.5) is 11.6 Å². The molecule has 0 bridgehead atoms. The summed E-state index contributed by atoms with van der Waals surface area (Å²) in [5, 5.41) is 7.85. The van der Waals surface area contributed by atoms with Gasteiger partial charge < -0.3 is 20.0 Å². The van der Waals surface area contributed by atoms with E-state index in [9.17, 15) is 9.59 Å². The Bertz CT molecular complexity index is 1290. The molecular formula is C27H33N7O2. The quantitative estimate of drug-likeness (QED) is 0.595. The minimum Gasteiger partial charge on any atom is -0.339 e. The Morgan fingerprint density at radius 3 is 2.50 bits per heavy atom. The fourth-order valence-electron chi connectivity index (χ4n) is 4.99. The van der Waals surface area contributed by atoms with E-state index in [2.05, 4.69) is 28.4 Å². The lowest BCUT2D eigenvalue weighted by Gasteiger charge is -2.35. The Balaban J connectivity index is 1.28. The first-order valence-electron chi connectivity index (χ1n) is 12.5. The van der Waals surface area contributed by atoms with Gasteiger partial charge in [-0.15, -0.1) is 5.10 Å². The number of nitrogens with zero attached hydrogens (tertiary/aromatic N) is 6. The summed E-state index contributed by atoms with van der Waals surface area (Å²) in [6.45, 7) is 4.97. The zero-order valence-corrected chi connectivity index (χ0v) is 21.1. The maximum absolute atomic E-state index is 13.0. The summed E-state index contributed by atoms with van der Waals surface area (Å²) >= 11 is 0. The minimum absolute atomic E-state index is 0.0516. The number of hydrogen-bond acceptors (Lipinski definition) is 6. The maximum Gasteiger partial charge on any atom is 0.253 e.